The molecular formula is C12H10ClF3O2. The second-order valence-electron chi connectivity index (χ2n) is 3.10. The molecule has 0 heterocycles. The van der Waals surface area contributed by atoms with Gasteiger partial charge in [0.1, 0.15) is 12.4 Å². The van der Waals surface area contributed by atoms with Crippen molar-refractivity contribution in [2.24, 2.45) is 0 Å². The molecule has 0 aromatic heterocycles. The van der Waals surface area contributed by atoms with Gasteiger partial charge in [-0.25, -0.2) is 0 Å². The molecule has 2 nitrogen and oxygen atoms in total. The molecule has 0 fully saturated rings. The first kappa shape index (κ1) is 14.7. The first-order valence-corrected chi connectivity index (χ1v) is 5.53. The highest BCUT2D eigenvalue weighted by atomic mass is 35.5. The first-order valence-electron chi connectivity index (χ1n) is 4.99. The van der Waals surface area contributed by atoms with E-state index < -0.39 is 13.0 Å². The van der Waals surface area contributed by atoms with Crippen molar-refractivity contribution in [3.05, 3.63) is 29.8 Å². The Hall–Kier alpha value is -1.38. The van der Waals surface area contributed by atoms with Crippen molar-refractivity contribution >= 4 is 11.6 Å². The summed E-state index contributed by atoms with van der Waals surface area (Å²) in [7, 11) is 0. The molecule has 0 aliphatic rings. The van der Waals surface area contributed by atoms with Crippen LogP contribution >= 0.6 is 11.6 Å². The Bertz CT molecular complexity index is 418. The third kappa shape index (κ3) is 6.38. The zero-order chi connectivity index (χ0) is 13.4. The van der Waals surface area contributed by atoms with Gasteiger partial charge in [-0.15, -0.1) is 24.8 Å². The lowest BCUT2D eigenvalue weighted by Gasteiger charge is -2.08. The van der Waals surface area contributed by atoms with Gasteiger partial charge in [0.05, 0.1) is 12.5 Å². The van der Waals surface area contributed by atoms with Gasteiger partial charge in [-0.2, -0.15) is 0 Å². The van der Waals surface area contributed by atoms with Gasteiger partial charge in [-0.1, -0.05) is 11.8 Å². The molecule has 18 heavy (non-hydrogen) atoms. The monoisotopic (exact) mass is 278 g/mol. The number of ether oxygens (including phenoxy) is 2. The summed E-state index contributed by atoms with van der Waals surface area (Å²) < 4.78 is 43.6. The highest BCUT2D eigenvalue weighted by molar-refractivity contribution is 6.19. The van der Waals surface area contributed by atoms with Crippen LogP contribution in [-0.2, 0) is 4.74 Å². The predicted molar refractivity (Wildman–Crippen MR) is 61.5 cm³/mol. The molecule has 0 radical (unpaired) electrons. The van der Waals surface area contributed by atoms with E-state index in [0.717, 1.165) is 5.56 Å². The van der Waals surface area contributed by atoms with E-state index in [-0.39, 0.29) is 12.5 Å². The van der Waals surface area contributed by atoms with Crippen LogP contribution in [0.1, 0.15) is 5.56 Å². The molecule has 0 aliphatic carbocycles. The molecule has 6 heteroatoms. The summed E-state index contributed by atoms with van der Waals surface area (Å²) in [5.41, 5.74) is 0.759. The first-order chi connectivity index (χ1) is 8.51. The number of halogens is 4. The fourth-order valence-electron chi connectivity index (χ4n) is 1.09. The Balaban J connectivity index is 2.35. The number of hydrogen-bond donors (Lipinski definition) is 0. The molecule has 0 saturated heterocycles. The van der Waals surface area contributed by atoms with E-state index in [1.165, 1.54) is 0 Å². The SMILES string of the molecule is FC(F)(F)OCCOc1ccc(C#CCCl)cc1. The number of hydrogen-bond acceptors (Lipinski definition) is 2. The minimum absolute atomic E-state index is 0.174. The third-order valence-electron chi connectivity index (χ3n) is 1.77. The van der Waals surface area contributed by atoms with Crippen molar-refractivity contribution in [1.82, 2.24) is 0 Å². The van der Waals surface area contributed by atoms with Gasteiger partial charge in [0.15, 0.2) is 0 Å². The average molecular weight is 279 g/mol. The molecule has 0 saturated carbocycles. The summed E-state index contributed by atoms with van der Waals surface area (Å²) in [4.78, 5) is 0. The van der Waals surface area contributed by atoms with Crippen molar-refractivity contribution in [1.29, 1.82) is 0 Å². The van der Waals surface area contributed by atoms with Gasteiger partial charge in [0.2, 0.25) is 0 Å². The Morgan fingerprint density at radius 1 is 1.11 bits per heavy atom. The van der Waals surface area contributed by atoms with E-state index in [9.17, 15) is 13.2 Å². The largest absolute Gasteiger partial charge is 0.522 e. The molecule has 0 spiro atoms. The van der Waals surface area contributed by atoms with Gasteiger partial charge in [-0.05, 0) is 24.3 Å². The van der Waals surface area contributed by atoms with Gasteiger partial charge >= 0.3 is 6.36 Å². The van der Waals surface area contributed by atoms with E-state index in [1.807, 2.05) is 0 Å². The van der Waals surface area contributed by atoms with Gasteiger partial charge in [-0.3, -0.25) is 4.74 Å². The molecule has 1 aromatic carbocycles. The molecule has 0 unspecified atom stereocenters. The Kier molecular flexibility index (Phi) is 5.83. The van der Waals surface area contributed by atoms with E-state index in [1.54, 1.807) is 24.3 Å². The van der Waals surface area contributed by atoms with Crippen molar-refractivity contribution < 1.29 is 22.6 Å². The zero-order valence-corrected chi connectivity index (χ0v) is 10.0. The van der Waals surface area contributed by atoms with Crippen LogP contribution in [0.3, 0.4) is 0 Å². The third-order valence-corrected chi connectivity index (χ3v) is 1.91. The molecule has 0 bridgehead atoms. The summed E-state index contributed by atoms with van der Waals surface area (Å²) >= 11 is 5.40. The van der Waals surface area contributed by atoms with Crippen molar-refractivity contribution in [2.45, 2.75) is 6.36 Å². The number of alkyl halides is 4. The van der Waals surface area contributed by atoms with Crippen LogP contribution in [0.15, 0.2) is 24.3 Å². The Labute approximate surface area is 108 Å². The fraction of sp³-hybridized carbons (Fsp3) is 0.333. The molecule has 0 atom stereocenters. The second-order valence-corrected chi connectivity index (χ2v) is 3.37. The lowest BCUT2D eigenvalue weighted by Crippen LogP contribution is -2.18. The maximum Gasteiger partial charge on any atom is 0.522 e. The van der Waals surface area contributed by atoms with Crippen LogP contribution in [-0.4, -0.2) is 25.5 Å². The summed E-state index contributed by atoms with van der Waals surface area (Å²) in [6.45, 7) is -0.719. The molecule has 98 valence electrons. The molecular weight excluding hydrogens is 269 g/mol. The van der Waals surface area contributed by atoms with Crippen molar-refractivity contribution in [2.75, 3.05) is 19.1 Å². The topological polar surface area (TPSA) is 18.5 Å². The minimum atomic E-state index is -4.62. The quantitative estimate of drug-likeness (QED) is 0.478. The molecule has 1 rings (SSSR count). The summed E-state index contributed by atoms with van der Waals surface area (Å²) in [5, 5.41) is 0. The van der Waals surface area contributed by atoms with Crippen molar-refractivity contribution in [3.63, 3.8) is 0 Å². The summed E-state index contributed by atoms with van der Waals surface area (Å²) in [6.07, 6.45) is -4.62. The lowest BCUT2D eigenvalue weighted by atomic mass is 10.2. The van der Waals surface area contributed by atoms with Crippen LogP contribution in [0.5, 0.6) is 5.75 Å². The van der Waals surface area contributed by atoms with Crippen molar-refractivity contribution in [3.8, 4) is 17.6 Å². The zero-order valence-electron chi connectivity index (χ0n) is 9.26. The highest BCUT2D eigenvalue weighted by Crippen LogP contribution is 2.16. The van der Waals surface area contributed by atoms with E-state index in [2.05, 4.69) is 16.6 Å². The van der Waals surface area contributed by atoms with Crippen LogP contribution in [0.4, 0.5) is 13.2 Å². The Morgan fingerprint density at radius 2 is 1.78 bits per heavy atom. The predicted octanol–water partition coefficient (Wildman–Crippen LogP) is 3.19. The highest BCUT2D eigenvalue weighted by Gasteiger charge is 2.28. The van der Waals surface area contributed by atoms with E-state index in [4.69, 9.17) is 16.3 Å². The van der Waals surface area contributed by atoms with Crippen LogP contribution in [0, 0.1) is 11.8 Å². The van der Waals surface area contributed by atoms with E-state index >= 15 is 0 Å². The van der Waals surface area contributed by atoms with Gasteiger partial charge in [0, 0.05) is 5.56 Å². The second kappa shape index (κ2) is 7.14. The average Bonchev–Trinajstić information content (AvgIpc) is 2.32. The maximum atomic E-state index is 11.6. The fourth-order valence-corrected chi connectivity index (χ4v) is 1.15. The number of benzene rings is 1. The van der Waals surface area contributed by atoms with Crippen LogP contribution in [0.2, 0.25) is 0 Å². The standard InChI is InChI=1S/C12H10ClF3O2/c13-7-1-2-10-3-5-11(6-4-10)17-8-9-18-12(14,15)16/h3-6H,7-9H2. The van der Waals surface area contributed by atoms with E-state index in [0.29, 0.717) is 5.75 Å². The molecule has 0 amide bonds. The van der Waals surface area contributed by atoms with Crippen LogP contribution in [0.25, 0.3) is 0 Å². The summed E-state index contributed by atoms with van der Waals surface area (Å²) in [5.74, 6) is 6.18. The molecule has 0 aliphatic heterocycles. The Morgan fingerprint density at radius 3 is 2.33 bits per heavy atom. The van der Waals surface area contributed by atoms with Crippen LogP contribution < -0.4 is 4.74 Å². The molecule has 1 aromatic rings. The number of rotatable bonds is 4. The minimum Gasteiger partial charge on any atom is -0.491 e. The normalized spacial score (nSPS) is 10.7. The smallest absolute Gasteiger partial charge is 0.491 e. The maximum absolute atomic E-state index is 11.6. The van der Waals surface area contributed by atoms with Gasteiger partial charge in [0.25, 0.3) is 0 Å². The van der Waals surface area contributed by atoms with Gasteiger partial charge < -0.3 is 4.74 Å². The lowest BCUT2D eigenvalue weighted by molar-refractivity contribution is -0.325. The summed E-state index contributed by atoms with van der Waals surface area (Å²) in [6, 6.07) is 6.62. The molecule has 0 N–H and O–H groups in total.